The summed E-state index contributed by atoms with van der Waals surface area (Å²) < 4.78 is 0. The minimum Gasteiger partial charge on any atom is -0.401 e. The molecule has 4 N–H and O–H groups in total. The molecule has 1 heterocycles. The second kappa shape index (κ2) is 2.92. The molecule has 0 radical (unpaired) electrons. The first-order valence-electron chi connectivity index (χ1n) is 3.61. The molecule has 0 saturated carbocycles. The highest BCUT2D eigenvalue weighted by Crippen LogP contribution is 2.08. The van der Waals surface area contributed by atoms with E-state index in [9.17, 15) is 0 Å². The molecule has 58 valence electrons. The standard InChI is InChI=1S/C7H15N3/c1-10-4-2-6(8)7(9)3-5-10/h2-5,8-9H2,1H3. The molecule has 0 amide bonds. The van der Waals surface area contributed by atoms with Crippen LogP contribution in [-0.4, -0.2) is 25.0 Å². The average molecular weight is 141 g/mol. The first-order valence-corrected chi connectivity index (χ1v) is 3.61. The van der Waals surface area contributed by atoms with Crippen LogP contribution in [0.1, 0.15) is 12.8 Å². The predicted molar refractivity (Wildman–Crippen MR) is 42.1 cm³/mol. The largest absolute Gasteiger partial charge is 0.401 e. The molecule has 3 heteroatoms. The van der Waals surface area contributed by atoms with Gasteiger partial charge in [-0.2, -0.15) is 0 Å². The summed E-state index contributed by atoms with van der Waals surface area (Å²) >= 11 is 0. The molecule has 0 aromatic rings. The summed E-state index contributed by atoms with van der Waals surface area (Å²) in [5.74, 6) is 0. The second-order valence-electron chi connectivity index (χ2n) is 2.85. The summed E-state index contributed by atoms with van der Waals surface area (Å²) in [6, 6.07) is 0. The molecule has 0 unspecified atom stereocenters. The van der Waals surface area contributed by atoms with Gasteiger partial charge < -0.3 is 16.4 Å². The van der Waals surface area contributed by atoms with Crippen molar-refractivity contribution in [3.8, 4) is 0 Å². The lowest BCUT2D eigenvalue weighted by molar-refractivity contribution is 0.351. The lowest BCUT2D eigenvalue weighted by atomic mass is 10.2. The SMILES string of the molecule is CN1CCC(N)=C(N)CC1. The summed E-state index contributed by atoms with van der Waals surface area (Å²) in [7, 11) is 2.09. The quantitative estimate of drug-likeness (QED) is 0.493. The molecule has 10 heavy (non-hydrogen) atoms. The molecule has 3 nitrogen and oxygen atoms in total. The van der Waals surface area contributed by atoms with Crippen molar-refractivity contribution >= 4 is 0 Å². The number of nitrogens with two attached hydrogens (primary N) is 2. The summed E-state index contributed by atoms with van der Waals surface area (Å²) in [4.78, 5) is 2.24. The smallest absolute Gasteiger partial charge is 0.0284 e. The van der Waals surface area contributed by atoms with E-state index in [2.05, 4.69) is 11.9 Å². The van der Waals surface area contributed by atoms with Crippen molar-refractivity contribution in [1.29, 1.82) is 0 Å². The van der Waals surface area contributed by atoms with Crippen LogP contribution in [0.5, 0.6) is 0 Å². The maximum absolute atomic E-state index is 5.67. The van der Waals surface area contributed by atoms with E-state index in [-0.39, 0.29) is 0 Å². The van der Waals surface area contributed by atoms with E-state index in [1.54, 1.807) is 0 Å². The molecule has 0 saturated heterocycles. The van der Waals surface area contributed by atoms with E-state index in [1.165, 1.54) is 0 Å². The van der Waals surface area contributed by atoms with Crippen LogP contribution in [-0.2, 0) is 0 Å². The first kappa shape index (κ1) is 7.41. The third-order valence-electron chi connectivity index (χ3n) is 1.94. The van der Waals surface area contributed by atoms with Gasteiger partial charge in [0.25, 0.3) is 0 Å². The van der Waals surface area contributed by atoms with Crippen LogP contribution >= 0.6 is 0 Å². The Kier molecular flexibility index (Phi) is 2.17. The highest BCUT2D eigenvalue weighted by Gasteiger charge is 2.07. The Balaban J connectivity index is 2.55. The van der Waals surface area contributed by atoms with Gasteiger partial charge in [0.1, 0.15) is 0 Å². The van der Waals surface area contributed by atoms with Crippen LogP contribution in [0, 0.1) is 0 Å². The van der Waals surface area contributed by atoms with Crippen molar-refractivity contribution < 1.29 is 0 Å². The first-order chi connectivity index (χ1) is 4.70. The van der Waals surface area contributed by atoms with Crippen molar-refractivity contribution in [2.45, 2.75) is 12.8 Å². The van der Waals surface area contributed by atoms with Crippen molar-refractivity contribution in [1.82, 2.24) is 4.90 Å². The minimum absolute atomic E-state index is 0.879. The lowest BCUT2D eigenvalue weighted by Gasteiger charge is -2.11. The van der Waals surface area contributed by atoms with Crippen LogP contribution in [0.15, 0.2) is 11.4 Å². The van der Waals surface area contributed by atoms with E-state index < -0.39 is 0 Å². The normalized spacial score (nSPS) is 22.9. The summed E-state index contributed by atoms with van der Waals surface area (Å²) in [5.41, 5.74) is 13.1. The van der Waals surface area contributed by atoms with Gasteiger partial charge >= 0.3 is 0 Å². The molecule has 0 fully saturated rings. The zero-order valence-electron chi connectivity index (χ0n) is 6.43. The van der Waals surface area contributed by atoms with E-state index in [0.29, 0.717) is 0 Å². The fourth-order valence-corrected chi connectivity index (χ4v) is 1.06. The van der Waals surface area contributed by atoms with Crippen LogP contribution in [0.4, 0.5) is 0 Å². The van der Waals surface area contributed by atoms with Gasteiger partial charge in [-0.15, -0.1) is 0 Å². The Morgan fingerprint density at radius 2 is 1.50 bits per heavy atom. The molecule has 0 spiro atoms. The van der Waals surface area contributed by atoms with Gasteiger partial charge in [0.2, 0.25) is 0 Å². The van der Waals surface area contributed by atoms with Crippen LogP contribution in [0.25, 0.3) is 0 Å². The molecule has 1 rings (SSSR count). The summed E-state index contributed by atoms with van der Waals surface area (Å²) in [6.45, 7) is 2.07. The van der Waals surface area contributed by atoms with Gasteiger partial charge in [-0.05, 0) is 7.05 Å². The molecular formula is C7H15N3. The maximum Gasteiger partial charge on any atom is 0.0284 e. The summed E-state index contributed by atoms with van der Waals surface area (Å²) in [6.07, 6.45) is 1.84. The minimum atomic E-state index is 0.879. The Hall–Kier alpha value is -0.700. The van der Waals surface area contributed by atoms with E-state index in [1.807, 2.05) is 0 Å². The monoisotopic (exact) mass is 141 g/mol. The van der Waals surface area contributed by atoms with Crippen LogP contribution in [0.3, 0.4) is 0 Å². The van der Waals surface area contributed by atoms with Gasteiger partial charge in [-0.25, -0.2) is 0 Å². The highest BCUT2D eigenvalue weighted by molar-refractivity contribution is 5.09. The zero-order valence-corrected chi connectivity index (χ0v) is 6.43. The number of hydrogen-bond donors (Lipinski definition) is 2. The van der Waals surface area contributed by atoms with Crippen molar-refractivity contribution in [2.75, 3.05) is 20.1 Å². The van der Waals surface area contributed by atoms with Crippen molar-refractivity contribution in [3.05, 3.63) is 11.4 Å². The maximum atomic E-state index is 5.67. The van der Waals surface area contributed by atoms with Gasteiger partial charge in [-0.1, -0.05) is 0 Å². The molecule has 0 aromatic carbocycles. The van der Waals surface area contributed by atoms with Crippen LogP contribution in [0.2, 0.25) is 0 Å². The fourth-order valence-electron chi connectivity index (χ4n) is 1.06. The number of nitrogens with zero attached hydrogens (tertiary/aromatic N) is 1. The topological polar surface area (TPSA) is 55.3 Å². The van der Waals surface area contributed by atoms with E-state index in [4.69, 9.17) is 11.5 Å². The zero-order chi connectivity index (χ0) is 7.56. The Morgan fingerprint density at radius 1 is 1.10 bits per heavy atom. The lowest BCUT2D eigenvalue weighted by Crippen LogP contribution is -2.19. The third-order valence-corrected chi connectivity index (χ3v) is 1.94. The second-order valence-corrected chi connectivity index (χ2v) is 2.85. The summed E-state index contributed by atoms with van der Waals surface area (Å²) in [5, 5.41) is 0. The molecule has 0 aromatic heterocycles. The van der Waals surface area contributed by atoms with Crippen LogP contribution < -0.4 is 11.5 Å². The van der Waals surface area contributed by atoms with E-state index in [0.717, 1.165) is 37.3 Å². The van der Waals surface area contributed by atoms with Gasteiger partial charge in [0.05, 0.1) is 0 Å². The molecule has 0 bridgehead atoms. The Morgan fingerprint density at radius 3 is 1.90 bits per heavy atom. The highest BCUT2D eigenvalue weighted by atomic mass is 15.1. The average Bonchev–Trinajstić information content (AvgIpc) is 2.04. The fraction of sp³-hybridized carbons (Fsp3) is 0.714. The molecule has 0 aliphatic carbocycles. The van der Waals surface area contributed by atoms with Gasteiger partial charge in [0.15, 0.2) is 0 Å². The Labute approximate surface area is 61.7 Å². The van der Waals surface area contributed by atoms with Gasteiger partial charge in [-0.3, -0.25) is 0 Å². The van der Waals surface area contributed by atoms with E-state index >= 15 is 0 Å². The molecular weight excluding hydrogens is 126 g/mol. The number of rotatable bonds is 0. The predicted octanol–water partition coefficient (Wildman–Crippen LogP) is -0.159. The number of hydrogen-bond acceptors (Lipinski definition) is 3. The molecule has 1 aliphatic heterocycles. The molecule has 1 aliphatic rings. The molecule has 0 atom stereocenters. The van der Waals surface area contributed by atoms with Crippen molar-refractivity contribution in [3.63, 3.8) is 0 Å². The Bertz CT molecular complexity index is 135. The third kappa shape index (κ3) is 1.64. The van der Waals surface area contributed by atoms with Crippen molar-refractivity contribution in [2.24, 2.45) is 11.5 Å². The van der Waals surface area contributed by atoms with Gasteiger partial charge in [0, 0.05) is 37.3 Å².